The van der Waals surface area contributed by atoms with E-state index >= 15 is 0 Å². The number of aromatic nitrogens is 2. The van der Waals surface area contributed by atoms with Gasteiger partial charge in [0.25, 0.3) is 5.56 Å². The van der Waals surface area contributed by atoms with Gasteiger partial charge in [-0.15, -0.1) is 0 Å². The third-order valence-corrected chi connectivity index (χ3v) is 6.50. The maximum absolute atomic E-state index is 12.5. The van der Waals surface area contributed by atoms with Crippen molar-refractivity contribution in [2.75, 3.05) is 44.7 Å². The lowest BCUT2D eigenvalue weighted by atomic mass is 10.1. The van der Waals surface area contributed by atoms with E-state index < -0.39 is 0 Å². The van der Waals surface area contributed by atoms with Gasteiger partial charge in [-0.3, -0.25) is 4.79 Å². The third kappa shape index (κ3) is 4.44. The first kappa shape index (κ1) is 21.2. The third-order valence-electron chi connectivity index (χ3n) is 6.01. The van der Waals surface area contributed by atoms with Crippen LogP contribution in [0.1, 0.15) is 11.4 Å². The number of hydrogen-bond acceptors (Lipinski definition) is 6. The Morgan fingerprint density at radius 3 is 2.69 bits per heavy atom. The molecule has 7 nitrogen and oxygen atoms in total. The molecule has 0 bridgehead atoms. The number of furan rings is 1. The van der Waals surface area contributed by atoms with Crippen LogP contribution in [0, 0.1) is 0 Å². The molecule has 4 aromatic rings. The Balaban J connectivity index is 1.20. The van der Waals surface area contributed by atoms with Gasteiger partial charge < -0.3 is 24.5 Å². The molecule has 0 spiro atoms. The molecule has 2 N–H and O–H groups in total. The van der Waals surface area contributed by atoms with Crippen molar-refractivity contribution in [3.63, 3.8) is 0 Å². The van der Waals surface area contributed by atoms with Gasteiger partial charge in [-0.2, -0.15) is 0 Å². The van der Waals surface area contributed by atoms with Crippen LogP contribution >= 0.6 is 15.9 Å². The van der Waals surface area contributed by atoms with E-state index in [9.17, 15) is 4.79 Å². The molecule has 3 heterocycles. The molecule has 0 amide bonds. The summed E-state index contributed by atoms with van der Waals surface area (Å²) in [4.78, 5) is 24.8. The first-order valence-electron chi connectivity index (χ1n) is 10.9. The standard InChI is InChI=1S/C24H26BrN5O2/c1-29-10-12-30(13-11-29)18-5-2-16(3-6-18)15-26-9-8-21-27-22-19-14-17(25)4-7-20(19)32-23(22)24(31)28-21/h2-7,14,26H,8-13,15H2,1H3,(H,27,28,31). The molecule has 1 saturated heterocycles. The van der Waals surface area contributed by atoms with Gasteiger partial charge in [0.1, 0.15) is 16.9 Å². The van der Waals surface area contributed by atoms with E-state index in [2.05, 4.69) is 72.3 Å². The van der Waals surface area contributed by atoms with Crippen LogP contribution in [-0.4, -0.2) is 54.6 Å². The van der Waals surface area contributed by atoms with Crippen molar-refractivity contribution >= 4 is 43.7 Å². The number of aromatic amines is 1. The molecule has 2 aromatic heterocycles. The molecule has 1 aliphatic heterocycles. The summed E-state index contributed by atoms with van der Waals surface area (Å²) in [5.74, 6) is 0.656. The van der Waals surface area contributed by atoms with Gasteiger partial charge in [0.2, 0.25) is 5.58 Å². The first-order valence-corrected chi connectivity index (χ1v) is 11.7. The lowest BCUT2D eigenvalue weighted by molar-refractivity contribution is 0.313. The molecule has 0 unspecified atom stereocenters. The number of rotatable bonds is 6. The number of piperazine rings is 1. The number of fused-ring (bicyclic) bond motifs is 3. The number of halogens is 1. The van der Waals surface area contributed by atoms with Crippen molar-refractivity contribution in [1.82, 2.24) is 20.2 Å². The fourth-order valence-electron chi connectivity index (χ4n) is 4.12. The van der Waals surface area contributed by atoms with Crippen molar-refractivity contribution in [3.8, 4) is 0 Å². The monoisotopic (exact) mass is 495 g/mol. The average molecular weight is 496 g/mol. The van der Waals surface area contributed by atoms with Crippen LogP contribution in [0.2, 0.25) is 0 Å². The molecular formula is C24H26BrN5O2. The summed E-state index contributed by atoms with van der Waals surface area (Å²) in [5, 5.41) is 4.29. The fourth-order valence-corrected chi connectivity index (χ4v) is 4.48. The van der Waals surface area contributed by atoms with Gasteiger partial charge >= 0.3 is 0 Å². The minimum Gasteiger partial charge on any atom is -0.449 e. The molecule has 2 aromatic carbocycles. The number of nitrogens with one attached hydrogen (secondary N) is 2. The Bertz CT molecular complexity index is 1290. The van der Waals surface area contributed by atoms with Crippen LogP contribution in [0.4, 0.5) is 5.69 Å². The summed E-state index contributed by atoms with van der Waals surface area (Å²) in [6.45, 7) is 5.86. The van der Waals surface area contributed by atoms with Crippen LogP contribution in [-0.2, 0) is 13.0 Å². The van der Waals surface area contributed by atoms with Crippen molar-refractivity contribution in [3.05, 3.63) is 68.7 Å². The lowest BCUT2D eigenvalue weighted by Crippen LogP contribution is -2.44. The van der Waals surface area contributed by atoms with Gasteiger partial charge in [0, 0.05) is 61.2 Å². The highest BCUT2D eigenvalue weighted by atomic mass is 79.9. The Morgan fingerprint density at radius 1 is 1.12 bits per heavy atom. The molecule has 8 heteroatoms. The smallest absolute Gasteiger partial charge is 0.294 e. The molecule has 0 saturated carbocycles. The van der Waals surface area contributed by atoms with E-state index in [1.165, 1.54) is 11.3 Å². The molecule has 166 valence electrons. The van der Waals surface area contributed by atoms with Gasteiger partial charge in [0.15, 0.2) is 0 Å². The second-order valence-electron chi connectivity index (χ2n) is 8.32. The molecule has 0 atom stereocenters. The minimum absolute atomic E-state index is 0.239. The summed E-state index contributed by atoms with van der Waals surface area (Å²) in [7, 11) is 2.17. The predicted octanol–water partition coefficient (Wildman–Crippen LogP) is 3.52. The highest BCUT2D eigenvalue weighted by Gasteiger charge is 2.15. The van der Waals surface area contributed by atoms with Gasteiger partial charge in [-0.1, -0.05) is 28.1 Å². The van der Waals surface area contributed by atoms with E-state index in [1.54, 1.807) is 0 Å². The minimum atomic E-state index is -0.239. The largest absolute Gasteiger partial charge is 0.449 e. The topological polar surface area (TPSA) is 77.4 Å². The van der Waals surface area contributed by atoms with Crippen molar-refractivity contribution in [1.29, 1.82) is 0 Å². The number of hydrogen-bond donors (Lipinski definition) is 2. The van der Waals surface area contributed by atoms with Crippen LogP contribution in [0.25, 0.3) is 22.1 Å². The molecule has 0 aliphatic carbocycles. The van der Waals surface area contributed by atoms with Gasteiger partial charge in [-0.25, -0.2) is 4.98 Å². The van der Waals surface area contributed by atoms with E-state index in [0.717, 1.165) is 42.6 Å². The first-order chi connectivity index (χ1) is 15.6. The average Bonchev–Trinajstić information content (AvgIpc) is 3.16. The summed E-state index contributed by atoms with van der Waals surface area (Å²) in [6.07, 6.45) is 0.630. The zero-order chi connectivity index (χ0) is 22.1. The normalized spacial score (nSPS) is 15.1. The van der Waals surface area contributed by atoms with E-state index in [-0.39, 0.29) is 11.1 Å². The Kier molecular flexibility index (Phi) is 5.99. The summed E-state index contributed by atoms with van der Waals surface area (Å²) >= 11 is 3.47. The highest BCUT2D eigenvalue weighted by molar-refractivity contribution is 9.10. The van der Waals surface area contributed by atoms with Crippen LogP contribution in [0.15, 0.2) is 56.1 Å². The van der Waals surface area contributed by atoms with Crippen LogP contribution in [0.5, 0.6) is 0 Å². The Morgan fingerprint density at radius 2 is 1.91 bits per heavy atom. The molecular weight excluding hydrogens is 470 g/mol. The maximum atomic E-state index is 12.5. The van der Waals surface area contributed by atoms with Gasteiger partial charge in [0.05, 0.1) is 0 Å². The number of H-pyrrole nitrogens is 1. The molecule has 1 fully saturated rings. The molecule has 32 heavy (non-hydrogen) atoms. The fraction of sp³-hybridized carbons (Fsp3) is 0.333. The van der Waals surface area contributed by atoms with E-state index in [4.69, 9.17) is 4.42 Å². The van der Waals surface area contributed by atoms with E-state index in [1.807, 2.05) is 18.2 Å². The second kappa shape index (κ2) is 9.05. The van der Waals surface area contributed by atoms with Crippen molar-refractivity contribution < 1.29 is 4.42 Å². The summed E-state index contributed by atoms with van der Waals surface area (Å²) in [6, 6.07) is 14.4. The lowest BCUT2D eigenvalue weighted by Gasteiger charge is -2.34. The van der Waals surface area contributed by atoms with Crippen LogP contribution in [0.3, 0.4) is 0 Å². The number of likely N-dealkylation sites (N-methyl/N-ethyl adjacent to an activating group) is 1. The Labute approximate surface area is 194 Å². The Hall–Kier alpha value is -2.68. The number of benzene rings is 2. The maximum Gasteiger partial charge on any atom is 0.294 e. The SMILES string of the molecule is CN1CCN(c2ccc(CNCCc3nc4c(oc5ccc(Br)cc54)c(=O)[nH]3)cc2)CC1. The highest BCUT2D eigenvalue weighted by Crippen LogP contribution is 2.27. The molecule has 0 radical (unpaired) electrons. The number of nitrogens with zero attached hydrogens (tertiary/aromatic N) is 3. The summed E-state index contributed by atoms with van der Waals surface area (Å²) < 4.78 is 6.61. The van der Waals surface area contributed by atoms with Gasteiger partial charge in [-0.05, 0) is 42.9 Å². The second-order valence-corrected chi connectivity index (χ2v) is 9.23. The van der Waals surface area contributed by atoms with Crippen molar-refractivity contribution in [2.45, 2.75) is 13.0 Å². The quantitative estimate of drug-likeness (QED) is 0.398. The zero-order valence-electron chi connectivity index (χ0n) is 18.0. The molecule has 1 aliphatic rings. The zero-order valence-corrected chi connectivity index (χ0v) is 19.6. The summed E-state index contributed by atoms with van der Waals surface area (Å²) in [5.41, 5.74) is 3.84. The van der Waals surface area contributed by atoms with Crippen molar-refractivity contribution in [2.24, 2.45) is 0 Å². The van der Waals surface area contributed by atoms with E-state index in [0.29, 0.717) is 29.9 Å². The molecule has 5 rings (SSSR count). The van der Waals surface area contributed by atoms with Crippen LogP contribution < -0.4 is 15.8 Å². The predicted molar refractivity (Wildman–Crippen MR) is 131 cm³/mol. The number of anilines is 1.